The van der Waals surface area contributed by atoms with Crippen LogP contribution in [0.25, 0.3) is 0 Å². The van der Waals surface area contributed by atoms with Gasteiger partial charge in [-0.25, -0.2) is 9.37 Å². The van der Waals surface area contributed by atoms with Crippen LogP contribution in [0.2, 0.25) is 5.15 Å². The van der Waals surface area contributed by atoms with Gasteiger partial charge in [-0.3, -0.25) is 4.79 Å². The van der Waals surface area contributed by atoms with Gasteiger partial charge in [0.1, 0.15) is 11.0 Å². The topological polar surface area (TPSA) is 68.0 Å². The van der Waals surface area contributed by atoms with Gasteiger partial charge in [-0.05, 0) is 30.7 Å². The molecule has 0 fully saturated rings. The molecule has 0 radical (unpaired) electrons. The largest absolute Gasteiger partial charge is 0.397 e. The van der Waals surface area contributed by atoms with Crippen molar-refractivity contribution in [2.75, 3.05) is 11.1 Å². The monoisotopic (exact) mass is 279 g/mol. The zero-order valence-corrected chi connectivity index (χ0v) is 10.8. The SMILES string of the molecule is Cc1ccc(F)cc1NC(=O)c1cc(Cl)ncc1N. The first-order chi connectivity index (χ1) is 8.97. The number of carbonyl (C=O) groups is 1. The number of anilines is 2. The zero-order valence-electron chi connectivity index (χ0n) is 10.1. The van der Waals surface area contributed by atoms with Crippen LogP contribution in [0.5, 0.6) is 0 Å². The molecule has 0 bridgehead atoms. The van der Waals surface area contributed by atoms with E-state index in [1.165, 1.54) is 24.4 Å². The lowest BCUT2D eigenvalue weighted by molar-refractivity contribution is 0.102. The Labute approximate surface area is 114 Å². The third-order valence-corrected chi connectivity index (χ3v) is 2.80. The molecular formula is C13H11ClFN3O. The van der Waals surface area contributed by atoms with Gasteiger partial charge >= 0.3 is 0 Å². The van der Waals surface area contributed by atoms with E-state index in [9.17, 15) is 9.18 Å². The molecule has 3 N–H and O–H groups in total. The standard InChI is InChI=1S/C13H11ClFN3O/c1-7-2-3-8(15)4-11(7)18-13(19)9-5-12(14)17-6-10(9)16/h2-6H,16H2,1H3,(H,18,19). The molecule has 19 heavy (non-hydrogen) atoms. The summed E-state index contributed by atoms with van der Waals surface area (Å²) >= 11 is 5.71. The number of nitrogens with one attached hydrogen (secondary N) is 1. The second-order valence-corrected chi connectivity index (χ2v) is 4.39. The number of nitrogen functional groups attached to an aromatic ring is 1. The Hall–Kier alpha value is -2.14. The van der Waals surface area contributed by atoms with Crippen LogP contribution < -0.4 is 11.1 Å². The first kappa shape index (κ1) is 13.3. The molecule has 1 aromatic carbocycles. The molecule has 0 atom stereocenters. The molecule has 0 aliphatic heterocycles. The molecule has 0 saturated heterocycles. The number of aryl methyl sites for hydroxylation is 1. The normalized spacial score (nSPS) is 10.3. The van der Waals surface area contributed by atoms with Crippen LogP contribution in [0.3, 0.4) is 0 Å². The molecular weight excluding hydrogens is 269 g/mol. The molecule has 1 amide bonds. The van der Waals surface area contributed by atoms with Gasteiger partial charge in [0.25, 0.3) is 5.91 Å². The van der Waals surface area contributed by atoms with Gasteiger partial charge < -0.3 is 11.1 Å². The number of amides is 1. The Morgan fingerprint density at radius 1 is 1.42 bits per heavy atom. The number of benzene rings is 1. The molecule has 1 aromatic heterocycles. The number of hydrogen-bond acceptors (Lipinski definition) is 3. The lowest BCUT2D eigenvalue weighted by Crippen LogP contribution is -2.15. The molecule has 0 aliphatic carbocycles. The predicted molar refractivity (Wildman–Crippen MR) is 72.7 cm³/mol. The first-order valence-corrected chi connectivity index (χ1v) is 5.83. The highest BCUT2D eigenvalue weighted by molar-refractivity contribution is 6.30. The van der Waals surface area contributed by atoms with Gasteiger partial charge in [0.15, 0.2) is 0 Å². The second kappa shape index (κ2) is 5.24. The molecule has 98 valence electrons. The lowest BCUT2D eigenvalue weighted by Gasteiger charge is -2.10. The van der Waals surface area contributed by atoms with E-state index >= 15 is 0 Å². The van der Waals surface area contributed by atoms with E-state index in [1.807, 2.05) is 0 Å². The van der Waals surface area contributed by atoms with Gasteiger partial charge in [0.2, 0.25) is 0 Å². The van der Waals surface area contributed by atoms with Gasteiger partial charge in [-0.1, -0.05) is 17.7 Å². The van der Waals surface area contributed by atoms with Crippen molar-refractivity contribution < 1.29 is 9.18 Å². The molecule has 4 nitrogen and oxygen atoms in total. The molecule has 0 saturated carbocycles. The number of aromatic nitrogens is 1. The highest BCUT2D eigenvalue weighted by Crippen LogP contribution is 2.20. The summed E-state index contributed by atoms with van der Waals surface area (Å²) < 4.78 is 13.1. The third-order valence-electron chi connectivity index (χ3n) is 2.59. The van der Waals surface area contributed by atoms with Crippen molar-refractivity contribution in [1.82, 2.24) is 4.98 Å². The number of rotatable bonds is 2. The number of hydrogen-bond donors (Lipinski definition) is 2. The average molecular weight is 280 g/mol. The van der Waals surface area contributed by atoms with E-state index < -0.39 is 11.7 Å². The molecule has 0 unspecified atom stereocenters. The zero-order chi connectivity index (χ0) is 14.0. The van der Waals surface area contributed by atoms with E-state index in [2.05, 4.69) is 10.3 Å². The fraction of sp³-hybridized carbons (Fsp3) is 0.0769. The van der Waals surface area contributed by atoms with Gasteiger partial charge in [0.05, 0.1) is 17.4 Å². The maximum atomic E-state index is 13.1. The van der Waals surface area contributed by atoms with Crippen LogP contribution in [0, 0.1) is 12.7 Å². The summed E-state index contributed by atoms with van der Waals surface area (Å²) in [6, 6.07) is 5.50. The van der Waals surface area contributed by atoms with Crippen LogP contribution in [0.15, 0.2) is 30.5 Å². The van der Waals surface area contributed by atoms with Crippen molar-refractivity contribution in [3.05, 3.63) is 52.6 Å². The maximum absolute atomic E-state index is 13.1. The molecule has 2 rings (SSSR count). The molecule has 1 heterocycles. The minimum Gasteiger partial charge on any atom is -0.397 e. The van der Waals surface area contributed by atoms with Crippen LogP contribution in [0.4, 0.5) is 15.8 Å². The predicted octanol–water partition coefficient (Wildman–Crippen LogP) is 3.02. The summed E-state index contributed by atoms with van der Waals surface area (Å²) in [5.41, 5.74) is 7.19. The van der Waals surface area contributed by atoms with E-state index in [0.717, 1.165) is 5.56 Å². The van der Waals surface area contributed by atoms with Gasteiger partial charge in [-0.15, -0.1) is 0 Å². The number of nitrogens with two attached hydrogens (primary N) is 1. The summed E-state index contributed by atoms with van der Waals surface area (Å²) in [6.07, 6.45) is 1.30. The van der Waals surface area contributed by atoms with Crippen LogP contribution in [0.1, 0.15) is 15.9 Å². The van der Waals surface area contributed by atoms with Crippen molar-refractivity contribution in [1.29, 1.82) is 0 Å². The summed E-state index contributed by atoms with van der Waals surface area (Å²) in [6.45, 7) is 1.76. The van der Waals surface area contributed by atoms with Crippen molar-refractivity contribution in [3.8, 4) is 0 Å². The van der Waals surface area contributed by atoms with E-state index in [0.29, 0.717) is 5.69 Å². The number of halogens is 2. The molecule has 0 spiro atoms. The minimum absolute atomic E-state index is 0.162. The summed E-state index contributed by atoms with van der Waals surface area (Å²) in [5, 5.41) is 2.75. The highest BCUT2D eigenvalue weighted by atomic mass is 35.5. The Kier molecular flexibility index (Phi) is 3.66. The summed E-state index contributed by atoms with van der Waals surface area (Å²) in [5.74, 6) is -0.892. The van der Waals surface area contributed by atoms with Gasteiger partial charge in [0, 0.05) is 5.69 Å². The Bertz CT molecular complexity index is 646. The number of carbonyl (C=O) groups excluding carboxylic acids is 1. The molecule has 0 aliphatic rings. The molecule has 6 heteroatoms. The van der Waals surface area contributed by atoms with Crippen molar-refractivity contribution in [2.24, 2.45) is 0 Å². The van der Waals surface area contributed by atoms with E-state index in [4.69, 9.17) is 17.3 Å². The lowest BCUT2D eigenvalue weighted by atomic mass is 10.1. The third kappa shape index (κ3) is 3.00. The Morgan fingerprint density at radius 2 is 2.16 bits per heavy atom. The highest BCUT2D eigenvalue weighted by Gasteiger charge is 2.12. The van der Waals surface area contributed by atoms with Gasteiger partial charge in [-0.2, -0.15) is 0 Å². The second-order valence-electron chi connectivity index (χ2n) is 4.01. The smallest absolute Gasteiger partial charge is 0.257 e. The Balaban J connectivity index is 2.30. The van der Waals surface area contributed by atoms with Crippen LogP contribution in [-0.2, 0) is 0 Å². The van der Waals surface area contributed by atoms with Crippen LogP contribution in [-0.4, -0.2) is 10.9 Å². The summed E-state index contributed by atoms with van der Waals surface area (Å²) in [4.78, 5) is 15.8. The number of nitrogens with zero attached hydrogens (tertiary/aromatic N) is 1. The van der Waals surface area contributed by atoms with Crippen molar-refractivity contribution >= 4 is 28.9 Å². The molecule has 2 aromatic rings. The van der Waals surface area contributed by atoms with E-state index in [1.54, 1.807) is 13.0 Å². The fourth-order valence-electron chi connectivity index (χ4n) is 1.56. The van der Waals surface area contributed by atoms with Crippen molar-refractivity contribution in [3.63, 3.8) is 0 Å². The first-order valence-electron chi connectivity index (χ1n) is 5.46. The van der Waals surface area contributed by atoms with Crippen LogP contribution >= 0.6 is 11.6 Å². The fourth-order valence-corrected chi connectivity index (χ4v) is 1.71. The van der Waals surface area contributed by atoms with Crippen molar-refractivity contribution in [2.45, 2.75) is 6.92 Å². The Morgan fingerprint density at radius 3 is 2.89 bits per heavy atom. The van der Waals surface area contributed by atoms with E-state index in [-0.39, 0.29) is 16.4 Å². The minimum atomic E-state index is -0.462. The summed E-state index contributed by atoms with van der Waals surface area (Å²) in [7, 11) is 0. The average Bonchev–Trinajstić information content (AvgIpc) is 2.36. The maximum Gasteiger partial charge on any atom is 0.257 e. The number of pyridine rings is 1. The quantitative estimate of drug-likeness (QED) is 0.830.